The molecule has 6 nitrogen and oxygen atoms in total. The molecule has 1 aromatic carbocycles. The molecule has 7 heteroatoms. The van der Waals surface area contributed by atoms with Crippen LogP contribution in [0.4, 0.5) is 5.69 Å². The van der Waals surface area contributed by atoms with E-state index in [2.05, 4.69) is 14.7 Å². The number of phenols is 1. The van der Waals surface area contributed by atoms with Crippen LogP contribution < -0.4 is 4.72 Å². The van der Waals surface area contributed by atoms with Crippen molar-refractivity contribution in [3.63, 3.8) is 0 Å². The van der Waals surface area contributed by atoms with Crippen molar-refractivity contribution in [2.24, 2.45) is 0 Å². The zero-order chi connectivity index (χ0) is 15.9. The number of fused-ring (bicyclic) bond motifs is 1. The van der Waals surface area contributed by atoms with Crippen LogP contribution >= 0.6 is 0 Å². The smallest absolute Gasteiger partial charge is 0.264 e. The largest absolute Gasteiger partial charge is 0.507 e. The van der Waals surface area contributed by atoms with E-state index < -0.39 is 10.0 Å². The highest BCUT2D eigenvalue weighted by molar-refractivity contribution is 7.93. The fourth-order valence-corrected chi connectivity index (χ4v) is 3.59. The Balaban J connectivity index is 2.06. The number of nitrogens with zero attached hydrogens (tertiary/aromatic N) is 1. The van der Waals surface area contributed by atoms with Crippen LogP contribution in [0.5, 0.6) is 5.75 Å². The third kappa shape index (κ3) is 2.29. The number of rotatable bonds is 3. The Morgan fingerprint density at radius 1 is 1.23 bits per heavy atom. The number of aryl methyl sites for hydroxylation is 1. The molecule has 0 fully saturated rings. The summed E-state index contributed by atoms with van der Waals surface area (Å²) in [5, 5.41) is 10.5. The van der Waals surface area contributed by atoms with Gasteiger partial charge in [-0.25, -0.2) is 13.4 Å². The summed E-state index contributed by atoms with van der Waals surface area (Å²) in [6, 6.07) is 6.66. The Morgan fingerprint density at radius 2 is 2.00 bits per heavy atom. The van der Waals surface area contributed by atoms with Crippen molar-refractivity contribution in [3.05, 3.63) is 47.8 Å². The quantitative estimate of drug-likeness (QED) is 0.692. The van der Waals surface area contributed by atoms with Crippen molar-refractivity contribution >= 4 is 26.7 Å². The first kappa shape index (κ1) is 14.4. The number of aromatic amines is 1. The van der Waals surface area contributed by atoms with Crippen molar-refractivity contribution in [1.29, 1.82) is 0 Å². The molecular weight excluding hydrogens is 302 g/mol. The van der Waals surface area contributed by atoms with Crippen LogP contribution in [0.3, 0.4) is 0 Å². The Labute approximate surface area is 127 Å². The molecule has 0 saturated heterocycles. The minimum Gasteiger partial charge on any atom is -0.507 e. The van der Waals surface area contributed by atoms with Crippen LogP contribution in [0.15, 0.2) is 41.6 Å². The molecule has 0 unspecified atom stereocenters. The van der Waals surface area contributed by atoms with Crippen molar-refractivity contribution in [2.75, 3.05) is 4.72 Å². The summed E-state index contributed by atoms with van der Waals surface area (Å²) in [6.07, 6.45) is 2.99. The van der Waals surface area contributed by atoms with E-state index in [1.54, 1.807) is 44.3 Å². The standard InChI is InChI=1S/C15H15N3O3S/c1-9-5-6-12(10(2)14(9)19)18-22(20,21)13-8-17-15-11(13)4-3-7-16-15/h3-8,18-19H,1-2H3,(H,16,17). The van der Waals surface area contributed by atoms with E-state index in [9.17, 15) is 13.5 Å². The fraction of sp³-hybridized carbons (Fsp3) is 0.133. The molecule has 0 radical (unpaired) electrons. The zero-order valence-electron chi connectivity index (χ0n) is 12.1. The molecule has 0 bridgehead atoms. The molecule has 2 aromatic heterocycles. The zero-order valence-corrected chi connectivity index (χ0v) is 12.9. The van der Waals surface area contributed by atoms with Gasteiger partial charge in [-0.15, -0.1) is 0 Å². The Bertz CT molecular complexity index is 961. The average molecular weight is 317 g/mol. The molecule has 0 aliphatic rings. The highest BCUT2D eigenvalue weighted by Crippen LogP contribution is 2.30. The highest BCUT2D eigenvalue weighted by atomic mass is 32.2. The SMILES string of the molecule is Cc1ccc(NS(=O)(=O)c2c[nH]c3ncccc23)c(C)c1O. The van der Waals surface area contributed by atoms with Gasteiger partial charge in [0, 0.05) is 23.3 Å². The molecule has 0 aliphatic carbocycles. The van der Waals surface area contributed by atoms with Gasteiger partial charge in [0.05, 0.1) is 5.69 Å². The van der Waals surface area contributed by atoms with Gasteiger partial charge in [0.15, 0.2) is 0 Å². The van der Waals surface area contributed by atoms with Gasteiger partial charge < -0.3 is 10.1 Å². The van der Waals surface area contributed by atoms with E-state index in [1.807, 2.05) is 0 Å². The number of aromatic hydroxyl groups is 1. The van der Waals surface area contributed by atoms with E-state index in [1.165, 1.54) is 6.20 Å². The van der Waals surface area contributed by atoms with E-state index in [-0.39, 0.29) is 10.6 Å². The molecule has 3 N–H and O–H groups in total. The molecule has 3 aromatic rings. The molecule has 114 valence electrons. The van der Waals surface area contributed by atoms with Crippen LogP contribution in [-0.2, 0) is 10.0 Å². The van der Waals surface area contributed by atoms with Gasteiger partial charge in [0.1, 0.15) is 16.3 Å². The lowest BCUT2D eigenvalue weighted by Gasteiger charge is -2.12. The lowest BCUT2D eigenvalue weighted by atomic mass is 10.1. The average Bonchev–Trinajstić information content (AvgIpc) is 2.93. The summed E-state index contributed by atoms with van der Waals surface area (Å²) >= 11 is 0. The molecule has 0 spiro atoms. The second-order valence-corrected chi connectivity index (χ2v) is 6.71. The Kier molecular flexibility index (Phi) is 3.29. The van der Waals surface area contributed by atoms with Crippen molar-refractivity contribution in [2.45, 2.75) is 18.7 Å². The van der Waals surface area contributed by atoms with E-state index >= 15 is 0 Å². The second kappa shape index (κ2) is 5.03. The van der Waals surface area contributed by atoms with Crippen molar-refractivity contribution in [1.82, 2.24) is 9.97 Å². The van der Waals surface area contributed by atoms with Crippen LogP contribution in [0, 0.1) is 13.8 Å². The maximum Gasteiger partial charge on any atom is 0.264 e. The highest BCUT2D eigenvalue weighted by Gasteiger charge is 2.21. The Hall–Kier alpha value is -2.54. The number of sulfonamides is 1. The van der Waals surface area contributed by atoms with Gasteiger partial charge >= 0.3 is 0 Å². The fourth-order valence-electron chi connectivity index (χ4n) is 2.30. The summed E-state index contributed by atoms with van der Waals surface area (Å²) in [5.74, 6) is 0.0841. The maximum absolute atomic E-state index is 12.6. The summed E-state index contributed by atoms with van der Waals surface area (Å²) in [4.78, 5) is 7.03. The predicted molar refractivity (Wildman–Crippen MR) is 84.5 cm³/mol. The first-order valence-electron chi connectivity index (χ1n) is 6.64. The molecule has 0 aliphatic heterocycles. The summed E-state index contributed by atoms with van der Waals surface area (Å²) < 4.78 is 27.7. The lowest BCUT2D eigenvalue weighted by molar-refractivity contribution is 0.467. The minimum atomic E-state index is -3.78. The number of aromatic nitrogens is 2. The second-order valence-electron chi connectivity index (χ2n) is 5.06. The Morgan fingerprint density at radius 3 is 2.77 bits per heavy atom. The number of pyridine rings is 1. The first-order chi connectivity index (χ1) is 10.4. The molecule has 3 rings (SSSR count). The lowest BCUT2D eigenvalue weighted by Crippen LogP contribution is -2.13. The number of H-pyrrole nitrogens is 1. The van der Waals surface area contributed by atoms with Gasteiger partial charge in [-0.3, -0.25) is 4.72 Å². The van der Waals surface area contributed by atoms with E-state index in [4.69, 9.17) is 0 Å². The minimum absolute atomic E-state index is 0.0841. The number of anilines is 1. The van der Waals surface area contributed by atoms with Gasteiger partial charge in [-0.1, -0.05) is 6.07 Å². The molecular formula is C15H15N3O3S. The molecule has 0 atom stereocenters. The molecule has 0 amide bonds. The number of phenolic OH excluding ortho intramolecular Hbond substituents is 1. The summed E-state index contributed by atoms with van der Waals surface area (Å²) in [5.41, 5.74) is 2.03. The third-order valence-corrected chi connectivity index (χ3v) is 4.99. The summed E-state index contributed by atoms with van der Waals surface area (Å²) in [6.45, 7) is 3.42. The normalized spacial score (nSPS) is 11.7. The van der Waals surface area contributed by atoms with Gasteiger partial charge in [0.2, 0.25) is 0 Å². The van der Waals surface area contributed by atoms with Crippen LogP contribution in [0.1, 0.15) is 11.1 Å². The molecule has 22 heavy (non-hydrogen) atoms. The number of hydrogen-bond donors (Lipinski definition) is 3. The van der Waals surface area contributed by atoms with Gasteiger partial charge in [0.25, 0.3) is 10.0 Å². The topological polar surface area (TPSA) is 95.1 Å². The predicted octanol–water partition coefficient (Wildman–Crippen LogP) is 2.69. The van der Waals surface area contributed by atoms with E-state index in [0.717, 1.165) is 0 Å². The number of nitrogens with one attached hydrogen (secondary N) is 2. The number of benzene rings is 1. The van der Waals surface area contributed by atoms with Gasteiger partial charge in [-0.2, -0.15) is 0 Å². The van der Waals surface area contributed by atoms with Crippen LogP contribution in [-0.4, -0.2) is 23.5 Å². The van der Waals surface area contributed by atoms with E-state index in [0.29, 0.717) is 27.8 Å². The monoisotopic (exact) mass is 317 g/mol. The van der Waals surface area contributed by atoms with Gasteiger partial charge in [-0.05, 0) is 37.6 Å². The van der Waals surface area contributed by atoms with Crippen molar-refractivity contribution < 1.29 is 13.5 Å². The summed E-state index contributed by atoms with van der Waals surface area (Å²) in [7, 11) is -3.78. The third-order valence-electron chi connectivity index (χ3n) is 3.58. The van der Waals surface area contributed by atoms with Crippen LogP contribution in [0.2, 0.25) is 0 Å². The number of hydrogen-bond acceptors (Lipinski definition) is 4. The molecule has 2 heterocycles. The van der Waals surface area contributed by atoms with Crippen LogP contribution in [0.25, 0.3) is 11.0 Å². The first-order valence-corrected chi connectivity index (χ1v) is 8.12. The molecule has 0 saturated carbocycles. The maximum atomic E-state index is 12.6. The van der Waals surface area contributed by atoms with Crippen molar-refractivity contribution in [3.8, 4) is 5.75 Å².